The van der Waals surface area contributed by atoms with E-state index in [4.69, 9.17) is 4.74 Å². The van der Waals surface area contributed by atoms with E-state index in [-0.39, 0.29) is 5.91 Å². The van der Waals surface area contributed by atoms with Crippen LogP contribution >= 0.6 is 22.7 Å². The van der Waals surface area contributed by atoms with Crippen LogP contribution in [0.25, 0.3) is 15.5 Å². The Hall–Kier alpha value is -1.74. The van der Waals surface area contributed by atoms with Gasteiger partial charge in [0.15, 0.2) is 4.96 Å². The molecule has 8 heteroatoms. The van der Waals surface area contributed by atoms with Gasteiger partial charge in [0.2, 0.25) is 0 Å². The van der Waals surface area contributed by atoms with Gasteiger partial charge in [0.25, 0.3) is 5.91 Å². The lowest BCUT2D eigenvalue weighted by Gasteiger charge is -2.26. The molecule has 4 rings (SSSR count). The molecule has 132 valence electrons. The minimum absolute atomic E-state index is 0.0386. The molecule has 6 nitrogen and oxygen atoms in total. The van der Waals surface area contributed by atoms with E-state index in [1.54, 1.807) is 11.3 Å². The topological polar surface area (TPSA) is 58.9 Å². The van der Waals surface area contributed by atoms with Crippen molar-refractivity contribution in [2.24, 2.45) is 0 Å². The summed E-state index contributed by atoms with van der Waals surface area (Å²) in [7, 11) is 0. The van der Waals surface area contributed by atoms with E-state index in [1.165, 1.54) is 11.3 Å². The monoisotopic (exact) mass is 376 g/mol. The molecule has 1 aliphatic rings. The summed E-state index contributed by atoms with van der Waals surface area (Å²) < 4.78 is 7.23. The van der Waals surface area contributed by atoms with Crippen molar-refractivity contribution in [2.45, 2.75) is 6.42 Å². The highest BCUT2D eigenvalue weighted by atomic mass is 32.1. The Bertz CT molecular complexity index is 834. The van der Waals surface area contributed by atoms with Crippen molar-refractivity contribution in [1.82, 2.24) is 19.6 Å². The van der Waals surface area contributed by atoms with Crippen LogP contribution in [0.5, 0.6) is 0 Å². The number of aromatic nitrogens is 2. The van der Waals surface area contributed by atoms with Crippen LogP contribution in [0.4, 0.5) is 0 Å². The third kappa shape index (κ3) is 3.77. The van der Waals surface area contributed by atoms with Gasteiger partial charge >= 0.3 is 0 Å². The van der Waals surface area contributed by atoms with Crippen LogP contribution in [0.2, 0.25) is 0 Å². The second-order valence-electron chi connectivity index (χ2n) is 5.94. The van der Waals surface area contributed by atoms with Crippen LogP contribution in [-0.2, 0) is 4.74 Å². The van der Waals surface area contributed by atoms with Gasteiger partial charge in [0.05, 0.1) is 18.1 Å². The Morgan fingerprint density at radius 1 is 1.32 bits per heavy atom. The lowest BCUT2D eigenvalue weighted by molar-refractivity contribution is 0.0374. The Morgan fingerprint density at radius 2 is 2.20 bits per heavy atom. The van der Waals surface area contributed by atoms with Gasteiger partial charge in [-0.25, -0.2) is 4.98 Å². The van der Waals surface area contributed by atoms with Gasteiger partial charge in [-0.2, -0.15) is 0 Å². The van der Waals surface area contributed by atoms with E-state index in [1.807, 2.05) is 33.5 Å². The van der Waals surface area contributed by atoms with Gasteiger partial charge in [-0.05, 0) is 24.4 Å². The maximum absolute atomic E-state index is 12.5. The van der Waals surface area contributed by atoms with E-state index >= 15 is 0 Å². The van der Waals surface area contributed by atoms with Gasteiger partial charge in [0, 0.05) is 31.2 Å². The quantitative estimate of drug-likeness (QED) is 0.672. The number of hydrogen-bond donors (Lipinski definition) is 1. The summed E-state index contributed by atoms with van der Waals surface area (Å²) in [5.41, 5.74) is 1.57. The van der Waals surface area contributed by atoms with Crippen molar-refractivity contribution < 1.29 is 9.53 Å². The first-order chi connectivity index (χ1) is 12.3. The van der Waals surface area contributed by atoms with Gasteiger partial charge in [-0.3, -0.25) is 14.1 Å². The van der Waals surface area contributed by atoms with Crippen LogP contribution in [0.15, 0.2) is 29.1 Å². The summed E-state index contributed by atoms with van der Waals surface area (Å²) >= 11 is 3.15. The molecule has 3 aromatic heterocycles. The van der Waals surface area contributed by atoms with Crippen molar-refractivity contribution in [3.63, 3.8) is 0 Å². The largest absolute Gasteiger partial charge is 0.379 e. The number of nitrogens with one attached hydrogen (secondary N) is 1. The first kappa shape index (κ1) is 16.7. The highest BCUT2D eigenvalue weighted by Gasteiger charge is 2.15. The second kappa shape index (κ2) is 7.65. The molecule has 1 amide bonds. The van der Waals surface area contributed by atoms with Crippen molar-refractivity contribution in [1.29, 1.82) is 0 Å². The number of carbonyl (C=O) groups excluding carboxylic acids is 1. The maximum atomic E-state index is 12.5. The molecular formula is C17H20N4O2S2. The molecule has 0 spiro atoms. The standard InChI is InChI=1S/C17H20N4O2S2/c22-16(18-4-2-5-20-6-8-23-9-7-20)14-12-25-17-19-13(11-21(14)17)15-3-1-10-24-15/h1,3,10-12H,2,4-9H2,(H,18,22). The predicted octanol–water partition coefficient (Wildman–Crippen LogP) is 2.58. The van der Waals surface area contributed by atoms with E-state index in [0.29, 0.717) is 12.2 Å². The fourth-order valence-corrected chi connectivity index (χ4v) is 4.44. The SMILES string of the molecule is O=C(NCCCN1CCOCC1)c1csc2nc(-c3cccs3)cn12. The number of amides is 1. The minimum Gasteiger partial charge on any atom is -0.379 e. The summed E-state index contributed by atoms with van der Waals surface area (Å²) in [4.78, 5) is 21.4. The van der Waals surface area contributed by atoms with Gasteiger partial charge in [-0.1, -0.05) is 6.07 Å². The van der Waals surface area contributed by atoms with Crippen LogP contribution in [-0.4, -0.2) is 59.6 Å². The van der Waals surface area contributed by atoms with Gasteiger partial charge in [-0.15, -0.1) is 22.7 Å². The highest BCUT2D eigenvalue weighted by molar-refractivity contribution is 7.15. The molecule has 0 aliphatic carbocycles. The van der Waals surface area contributed by atoms with Crippen LogP contribution < -0.4 is 5.32 Å². The molecular weight excluding hydrogens is 356 g/mol. The first-order valence-corrected chi connectivity index (χ1v) is 10.2. The molecule has 1 fully saturated rings. The maximum Gasteiger partial charge on any atom is 0.269 e. The number of hydrogen-bond acceptors (Lipinski definition) is 6. The Morgan fingerprint density at radius 3 is 3.00 bits per heavy atom. The third-order valence-electron chi connectivity index (χ3n) is 4.26. The average molecular weight is 377 g/mol. The second-order valence-corrected chi connectivity index (χ2v) is 7.72. The van der Waals surface area contributed by atoms with Crippen molar-refractivity contribution in [2.75, 3.05) is 39.4 Å². The highest BCUT2D eigenvalue weighted by Crippen LogP contribution is 2.26. The predicted molar refractivity (Wildman–Crippen MR) is 101 cm³/mol. The molecule has 1 aliphatic heterocycles. The van der Waals surface area contributed by atoms with Crippen molar-refractivity contribution in [3.05, 3.63) is 34.8 Å². The summed E-state index contributed by atoms with van der Waals surface area (Å²) in [5, 5.41) is 6.93. The number of imidazole rings is 1. The molecule has 1 N–H and O–H groups in total. The first-order valence-electron chi connectivity index (χ1n) is 8.40. The van der Waals surface area contributed by atoms with E-state index in [9.17, 15) is 4.79 Å². The minimum atomic E-state index is -0.0386. The normalized spacial score (nSPS) is 15.7. The molecule has 25 heavy (non-hydrogen) atoms. The number of ether oxygens (including phenoxy) is 1. The lowest BCUT2D eigenvalue weighted by Crippen LogP contribution is -2.38. The average Bonchev–Trinajstić information content (AvgIpc) is 3.34. The number of fused-ring (bicyclic) bond motifs is 1. The van der Waals surface area contributed by atoms with E-state index in [2.05, 4.69) is 15.2 Å². The zero-order valence-electron chi connectivity index (χ0n) is 13.8. The van der Waals surface area contributed by atoms with Crippen LogP contribution in [0, 0.1) is 0 Å². The van der Waals surface area contributed by atoms with E-state index in [0.717, 1.165) is 54.8 Å². The molecule has 0 saturated carbocycles. The fraction of sp³-hybridized carbons (Fsp3) is 0.412. The lowest BCUT2D eigenvalue weighted by atomic mass is 10.3. The number of thiazole rings is 1. The Kier molecular flexibility index (Phi) is 5.12. The molecule has 0 aromatic carbocycles. The molecule has 0 radical (unpaired) electrons. The fourth-order valence-electron chi connectivity index (χ4n) is 2.91. The summed E-state index contributed by atoms with van der Waals surface area (Å²) in [6, 6.07) is 4.05. The Balaban J connectivity index is 1.35. The zero-order chi connectivity index (χ0) is 17.1. The van der Waals surface area contributed by atoms with Crippen LogP contribution in [0.1, 0.15) is 16.9 Å². The molecule has 3 aromatic rings. The Labute approximate surface area is 154 Å². The number of carbonyl (C=O) groups is 1. The molecule has 4 heterocycles. The zero-order valence-corrected chi connectivity index (χ0v) is 15.4. The molecule has 0 atom stereocenters. The summed E-state index contributed by atoms with van der Waals surface area (Å²) in [5.74, 6) is -0.0386. The van der Waals surface area contributed by atoms with E-state index < -0.39 is 0 Å². The number of thiophene rings is 1. The number of morpholine rings is 1. The van der Waals surface area contributed by atoms with Gasteiger partial charge < -0.3 is 10.1 Å². The molecule has 0 unspecified atom stereocenters. The van der Waals surface area contributed by atoms with Gasteiger partial charge in [0.1, 0.15) is 11.4 Å². The van der Waals surface area contributed by atoms with Crippen molar-refractivity contribution in [3.8, 4) is 10.6 Å². The molecule has 0 bridgehead atoms. The summed E-state index contributed by atoms with van der Waals surface area (Å²) in [6.45, 7) is 5.27. The molecule has 1 saturated heterocycles. The number of nitrogens with zero attached hydrogens (tertiary/aromatic N) is 3. The van der Waals surface area contributed by atoms with Crippen molar-refractivity contribution >= 4 is 33.5 Å². The number of rotatable bonds is 6. The smallest absolute Gasteiger partial charge is 0.269 e. The summed E-state index contributed by atoms with van der Waals surface area (Å²) in [6.07, 6.45) is 2.89. The van der Waals surface area contributed by atoms with Crippen LogP contribution in [0.3, 0.4) is 0 Å². The third-order valence-corrected chi connectivity index (χ3v) is 5.99.